The Morgan fingerprint density at radius 3 is 2.40 bits per heavy atom. The molecule has 0 spiro atoms. The Bertz CT molecular complexity index is 549. The van der Waals surface area contributed by atoms with Crippen molar-refractivity contribution in [1.29, 1.82) is 0 Å². The maximum atomic E-state index is 12.2. The van der Waals surface area contributed by atoms with Crippen molar-refractivity contribution in [3.63, 3.8) is 0 Å². The van der Waals surface area contributed by atoms with Gasteiger partial charge < -0.3 is 14.4 Å². The number of ether oxygens (including phenoxy) is 2. The Balaban J connectivity index is 1.68. The summed E-state index contributed by atoms with van der Waals surface area (Å²) >= 11 is 5.86. The third-order valence-electron chi connectivity index (χ3n) is 4.28. The van der Waals surface area contributed by atoms with Gasteiger partial charge in [0.1, 0.15) is 18.0 Å². The monoisotopic (exact) mass is 368 g/mol. The lowest BCUT2D eigenvalue weighted by Crippen LogP contribution is -2.47. The fourth-order valence-electron chi connectivity index (χ4n) is 2.84. The van der Waals surface area contributed by atoms with Crippen LogP contribution in [0, 0.1) is 0 Å². The molecule has 0 unspecified atom stereocenters. The molecule has 0 aliphatic carbocycles. The van der Waals surface area contributed by atoms with Crippen molar-refractivity contribution in [2.24, 2.45) is 0 Å². The minimum atomic E-state index is -0.453. The molecular formula is C19H29ClN2O3. The van der Waals surface area contributed by atoms with Gasteiger partial charge in [0.05, 0.1) is 0 Å². The highest BCUT2D eigenvalue weighted by atomic mass is 35.5. The molecule has 1 aromatic rings. The maximum Gasteiger partial charge on any atom is 0.410 e. The number of carbonyl (C=O) groups is 1. The summed E-state index contributed by atoms with van der Waals surface area (Å²) in [6.07, 6.45) is 1.67. The fraction of sp³-hybridized carbons (Fsp3) is 0.632. The van der Waals surface area contributed by atoms with Gasteiger partial charge in [-0.1, -0.05) is 11.6 Å². The first-order valence-corrected chi connectivity index (χ1v) is 9.19. The predicted octanol–water partition coefficient (Wildman–Crippen LogP) is 4.05. The predicted molar refractivity (Wildman–Crippen MR) is 100 cm³/mol. The van der Waals surface area contributed by atoms with Crippen LogP contribution in [0.1, 0.15) is 33.6 Å². The number of likely N-dealkylation sites (tertiary alicyclic amines) is 1. The Morgan fingerprint density at radius 2 is 1.84 bits per heavy atom. The molecule has 5 nitrogen and oxygen atoms in total. The topological polar surface area (TPSA) is 42.0 Å². The van der Waals surface area contributed by atoms with Gasteiger partial charge in [-0.15, -0.1) is 0 Å². The molecule has 0 bridgehead atoms. The van der Waals surface area contributed by atoms with Gasteiger partial charge in [0.15, 0.2) is 0 Å². The highest BCUT2D eigenvalue weighted by Crippen LogP contribution is 2.19. The first-order valence-electron chi connectivity index (χ1n) is 8.81. The van der Waals surface area contributed by atoms with E-state index >= 15 is 0 Å². The normalized spacial score (nSPS) is 16.5. The van der Waals surface area contributed by atoms with Crippen LogP contribution in [0.5, 0.6) is 5.75 Å². The summed E-state index contributed by atoms with van der Waals surface area (Å²) < 4.78 is 11.2. The summed E-state index contributed by atoms with van der Waals surface area (Å²) in [6, 6.07) is 7.65. The fourth-order valence-corrected chi connectivity index (χ4v) is 2.96. The van der Waals surface area contributed by atoms with E-state index in [1.807, 2.05) is 52.1 Å². The van der Waals surface area contributed by atoms with Gasteiger partial charge in [-0.2, -0.15) is 0 Å². The second-order valence-electron chi connectivity index (χ2n) is 7.47. The summed E-state index contributed by atoms with van der Waals surface area (Å²) in [4.78, 5) is 16.3. The smallest absolute Gasteiger partial charge is 0.410 e. The van der Waals surface area contributed by atoms with Gasteiger partial charge >= 0.3 is 6.09 Å². The van der Waals surface area contributed by atoms with Crippen LogP contribution in [0.2, 0.25) is 5.02 Å². The van der Waals surface area contributed by atoms with E-state index in [1.54, 1.807) is 4.90 Å². The average Bonchev–Trinajstić information content (AvgIpc) is 2.55. The molecule has 1 aliphatic rings. The molecule has 6 heteroatoms. The van der Waals surface area contributed by atoms with E-state index in [-0.39, 0.29) is 12.1 Å². The van der Waals surface area contributed by atoms with E-state index in [0.29, 0.717) is 11.6 Å². The van der Waals surface area contributed by atoms with Crippen molar-refractivity contribution in [3.8, 4) is 5.75 Å². The Kier molecular flexibility index (Phi) is 6.96. The summed E-state index contributed by atoms with van der Waals surface area (Å²) in [5.41, 5.74) is -0.453. The van der Waals surface area contributed by atoms with Gasteiger partial charge in [-0.25, -0.2) is 4.79 Å². The number of rotatable bonds is 5. The highest BCUT2D eigenvalue weighted by Gasteiger charge is 2.28. The largest absolute Gasteiger partial charge is 0.492 e. The van der Waals surface area contributed by atoms with Crippen molar-refractivity contribution >= 4 is 17.7 Å². The number of hydrogen-bond donors (Lipinski definition) is 0. The number of nitrogens with zero attached hydrogens (tertiary/aromatic N) is 2. The van der Waals surface area contributed by atoms with Gasteiger partial charge in [0.25, 0.3) is 0 Å². The van der Waals surface area contributed by atoms with E-state index in [2.05, 4.69) is 4.90 Å². The van der Waals surface area contributed by atoms with Crippen LogP contribution in [-0.4, -0.2) is 60.8 Å². The number of hydrogen-bond acceptors (Lipinski definition) is 4. The van der Waals surface area contributed by atoms with Crippen molar-refractivity contribution in [1.82, 2.24) is 9.80 Å². The van der Waals surface area contributed by atoms with Gasteiger partial charge in [-0.3, -0.25) is 4.90 Å². The summed E-state index contributed by atoms with van der Waals surface area (Å²) in [7, 11) is 1.83. The number of amides is 1. The third-order valence-corrected chi connectivity index (χ3v) is 4.53. The molecule has 0 atom stereocenters. The Hall–Kier alpha value is -1.46. The molecule has 1 amide bonds. The zero-order valence-corrected chi connectivity index (χ0v) is 16.4. The van der Waals surface area contributed by atoms with Crippen molar-refractivity contribution in [2.45, 2.75) is 45.3 Å². The Labute approximate surface area is 155 Å². The maximum absolute atomic E-state index is 12.2. The van der Waals surface area contributed by atoms with Crippen LogP contribution < -0.4 is 4.74 Å². The Morgan fingerprint density at radius 1 is 1.24 bits per heavy atom. The SMILES string of the molecule is CN(C(=O)OC(C)(C)C)C1CCN(CCOc2ccc(Cl)cc2)CC1. The summed E-state index contributed by atoms with van der Waals surface area (Å²) in [5, 5.41) is 0.712. The highest BCUT2D eigenvalue weighted by molar-refractivity contribution is 6.30. The van der Waals surface area contributed by atoms with Gasteiger partial charge in [-0.05, 0) is 57.9 Å². The molecular weight excluding hydrogens is 340 g/mol. The molecule has 0 radical (unpaired) electrons. The van der Waals surface area contributed by atoms with Gasteiger partial charge in [0, 0.05) is 37.7 Å². The molecule has 0 saturated carbocycles. The van der Waals surface area contributed by atoms with Gasteiger partial charge in [0.2, 0.25) is 0 Å². The molecule has 25 heavy (non-hydrogen) atoms. The second kappa shape index (κ2) is 8.77. The zero-order valence-electron chi connectivity index (χ0n) is 15.6. The van der Waals surface area contributed by atoms with Crippen LogP contribution in [0.3, 0.4) is 0 Å². The molecule has 0 aromatic heterocycles. The van der Waals surface area contributed by atoms with Crippen LogP contribution >= 0.6 is 11.6 Å². The number of benzene rings is 1. The van der Waals surface area contributed by atoms with Crippen molar-refractivity contribution < 1.29 is 14.3 Å². The lowest BCUT2D eigenvalue weighted by molar-refractivity contribution is 0.0147. The molecule has 140 valence electrons. The zero-order chi connectivity index (χ0) is 18.4. The number of halogens is 1. The lowest BCUT2D eigenvalue weighted by atomic mass is 10.0. The number of carbonyl (C=O) groups excluding carboxylic acids is 1. The third kappa shape index (κ3) is 6.75. The standard InChI is InChI=1S/C19H29ClN2O3/c1-19(2,3)25-18(23)21(4)16-9-11-22(12-10-16)13-14-24-17-7-5-15(20)6-8-17/h5-8,16H,9-14H2,1-4H3. The number of piperidine rings is 1. The first kappa shape index (κ1) is 19.9. The van der Waals surface area contributed by atoms with E-state index < -0.39 is 5.60 Å². The average molecular weight is 369 g/mol. The van der Waals surface area contributed by atoms with E-state index in [1.165, 1.54) is 0 Å². The minimum Gasteiger partial charge on any atom is -0.492 e. The van der Waals surface area contributed by atoms with Crippen LogP contribution in [-0.2, 0) is 4.74 Å². The first-order chi connectivity index (χ1) is 11.7. The molecule has 0 N–H and O–H groups in total. The molecule has 1 aromatic carbocycles. The molecule has 1 aliphatic heterocycles. The lowest BCUT2D eigenvalue weighted by Gasteiger charge is -2.37. The minimum absolute atomic E-state index is 0.239. The van der Waals surface area contributed by atoms with E-state index in [4.69, 9.17) is 21.1 Å². The molecule has 1 heterocycles. The molecule has 1 saturated heterocycles. The van der Waals surface area contributed by atoms with E-state index in [9.17, 15) is 4.79 Å². The summed E-state index contributed by atoms with van der Waals surface area (Å²) in [6.45, 7) is 9.12. The van der Waals surface area contributed by atoms with Crippen molar-refractivity contribution in [3.05, 3.63) is 29.3 Å². The van der Waals surface area contributed by atoms with Crippen molar-refractivity contribution in [2.75, 3.05) is 33.3 Å². The molecule has 2 rings (SSSR count). The quantitative estimate of drug-likeness (QED) is 0.786. The summed E-state index contributed by atoms with van der Waals surface area (Å²) in [5.74, 6) is 0.837. The van der Waals surface area contributed by atoms with E-state index in [0.717, 1.165) is 38.2 Å². The second-order valence-corrected chi connectivity index (χ2v) is 7.90. The van der Waals surface area contributed by atoms with Crippen LogP contribution in [0.25, 0.3) is 0 Å². The molecule has 1 fully saturated rings. The van der Waals surface area contributed by atoms with Crippen LogP contribution in [0.15, 0.2) is 24.3 Å². The van der Waals surface area contributed by atoms with Crippen LogP contribution in [0.4, 0.5) is 4.79 Å².